The van der Waals surface area contributed by atoms with Crippen molar-refractivity contribution in [2.24, 2.45) is 10.8 Å². The van der Waals surface area contributed by atoms with E-state index in [0.29, 0.717) is 83.0 Å². The Labute approximate surface area is 836 Å². The molecule has 2 spiro atoms. The van der Waals surface area contributed by atoms with Crippen LogP contribution in [0.4, 0.5) is 57.7 Å². The molecule has 145 heavy (non-hydrogen) atoms. The van der Waals surface area contributed by atoms with Crippen LogP contribution in [-0.4, -0.2) is 142 Å². The lowest BCUT2D eigenvalue weighted by atomic mass is 9.60. The highest BCUT2D eigenvalue weighted by atomic mass is 16.5. The first-order chi connectivity index (χ1) is 70.5. The van der Waals surface area contributed by atoms with Gasteiger partial charge in [-0.25, -0.2) is 49.5 Å². The molecule has 0 atom stereocenters. The third-order valence-corrected chi connectivity index (χ3v) is 27.5. The molecule has 0 bridgehead atoms. The molecule has 4 amide bonds. The van der Waals surface area contributed by atoms with Crippen molar-refractivity contribution < 1.29 is 38.1 Å². The smallest absolute Gasteiger partial charge is 0.335 e. The highest BCUT2D eigenvalue weighted by molar-refractivity contribution is 5.97. The number of nitrogens with two attached hydrogens (primary N) is 4. The fourth-order valence-electron chi connectivity index (χ4n) is 20.9. The fourth-order valence-corrected chi connectivity index (χ4v) is 20.9. The topological polar surface area (TPSA) is 410 Å². The van der Waals surface area contributed by atoms with Crippen LogP contribution in [0.25, 0.3) is 33.7 Å². The van der Waals surface area contributed by atoms with E-state index >= 15 is 0 Å². The molecule has 4 saturated carbocycles. The van der Waals surface area contributed by atoms with Crippen molar-refractivity contribution in [3.8, 4) is 105 Å². The predicted molar refractivity (Wildman–Crippen MR) is 556 cm³/mol. The minimum atomic E-state index is -0.219. The number of ether oxygens (including phenoxy) is 4. The van der Waals surface area contributed by atoms with Crippen LogP contribution >= 0.6 is 0 Å². The highest BCUT2D eigenvalue weighted by Crippen LogP contribution is 2.57. The number of nitrogens with zero attached hydrogens (tertiary/aromatic N) is 18. The van der Waals surface area contributed by atoms with Crippen LogP contribution in [0.2, 0.25) is 0 Å². The third kappa shape index (κ3) is 20.0. The van der Waals surface area contributed by atoms with Crippen LogP contribution in [0.3, 0.4) is 0 Å². The lowest BCUT2D eigenvalue weighted by Gasteiger charge is -2.58. The first kappa shape index (κ1) is 95.7. The second kappa shape index (κ2) is 41.7. The molecule has 4 aliphatic carbocycles. The van der Waals surface area contributed by atoms with E-state index in [4.69, 9.17) is 41.9 Å². The number of carbonyl (C=O) groups is 4. The van der Waals surface area contributed by atoms with Crippen LogP contribution in [0.5, 0.6) is 46.0 Å². The Kier molecular flexibility index (Phi) is 27.5. The first-order valence-corrected chi connectivity index (χ1v) is 48.0. The molecule has 10 heterocycles. The number of nitrogens with one attached hydrogen (secondary N) is 2. The maximum absolute atomic E-state index is 13.8. The predicted octanol–water partition coefficient (Wildman–Crippen LogP) is 16.1. The number of benzene rings is 8. The minimum absolute atomic E-state index is 0.0125. The van der Waals surface area contributed by atoms with E-state index in [9.17, 15) is 28.8 Å². The van der Waals surface area contributed by atoms with Crippen LogP contribution in [0.15, 0.2) is 278 Å². The Bertz CT molecular complexity index is 7430. The van der Waals surface area contributed by atoms with Gasteiger partial charge in [-0.15, -0.1) is 0 Å². The number of fused-ring (bicyclic) bond motifs is 4. The van der Waals surface area contributed by atoms with E-state index in [-0.39, 0.29) is 93.7 Å². The lowest BCUT2D eigenvalue weighted by molar-refractivity contribution is -0.147. The quantitative estimate of drug-likeness (QED) is 0.0435. The molecular formula is C111H106N24O10. The van der Waals surface area contributed by atoms with E-state index in [1.165, 1.54) is 25.3 Å². The Morgan fingerprint density at radius 2 is 0.662 bits per heavy atom. The Hall–Kier alpha value is -18.2. The van der Waals surface area contributed by atoms with Gasteiger partial charge in [-0.2, -0.15) is 0 Å². The summed E-state index contributed by atoms with van der Waals surface area (Å²) in [6, 6.07) is 69.0. The molecule has 0 radical (unpaired) electrons. The monoisotopic (exact) mass is 1930 g/mol. The summed E-state index contributed by atoms with van der Waals surface area (Å²) in [5.41, 5.74) is 31.4. The van der Waals surface area contributed by atoms with Gasteiger partial charge < -0.3 is 72.1 Å². The maximum Gasteiger partial charge on any atom is 0.335 e. The Morgan fingerprint density at radius 1 is 0.359 bits per heavy atom. The molecule has 2 saturated heterocycles. The van der Waals surface area contributed by atoms with Gasteiger partial charge in [0, 0.05) is 79.2 Å². The molecular weight excluding hydrogens is 1830 g/mol. The zero-order chi connectivity index (χ0) is 101. The van der Waals surface area contributed by atoms with Gasteiger partial charge in [0.1, 0.15) is 105 Å². The molecule has 0 unspecified atom stereocenters. The number of likely N-dealkylation sites (tertiary alicyclic amines) is 2. The fraction of sp³-hybridized carbons (Fsp3) is 0.261. The lowest BCUT2D eigenvalue weighted by Crippen LogP contribution is -2.64. The number of rotatable bonds is 18. The second-order valence-electron chi connectivity index (χ2n) is 36.8. The van der Waals surface area contributed by atoms with Crippen molar-refractivity contribution in [1.82, 2.24) is 78.6 Å². The van der Waals surface area contributed by atoms with E-state index < -0.39 is 0 Å². The maximum atomic E-state index is 13.8. The average Bonchev–Trinajstić information content (AvgIpc) is 1.58. The van der Waals surface area contributed by atoms with Gasteiger partial charge in [0.15, 0.2) is 46.2 Å². The van der Waals surface area contributed by atoms with Gasteiger partial charge in [-0.1, -0.05) is 110 Å². The number of imidazole rings is 2. The molecule has 8 aliphatic rings. The largest absolute Gasteiger partial charge is 0.457 e. The summed E-state index contributed by atoms with van der Waals surface area (Å²) in [5, 5.41) is 6.01. The summed E-state index contributed by atoms with van der Waals surface area (Å²) in [4.78, 5) is 122. The zero-order valence-corrected chi connectivity index (χ0v) is 80.4. The van der Waals surface area contributed by atoms with Crippen molar-refractivity contribution in [1.29, 1.82) is 0 Å². The van der Waals surface area contributed by atoms with Crippen molar-refractivity contribution in [2.45, 2.75) is 147 Å². The Morgan fingerprint density at radius 3 is 1.01 bits per heavy atom. The average molecular weight is 1940 g/mol. The summed E-state index contributed by atoms with van der Waals surface area (Å²) in [6.45, 7) is 18.2. The van der Waals surface area contributed by atoms with Crippen LogP contribution < -0.4 is 83.5 Å². The molecule has 730 valence electrons. The van der Waals surface area contributed by atoms with Crippen LogP contribution in [0.1, 0.15) is 123 Å². The second-order valence-corrected chi connectivity index (χ2v) is 36.8. The SMILES string of the molecule is C=C1N(c2ccc(Oc3ccccc3)cc2)c2c(N)ncnc2N1C1CCC(NC(=O)C#CC)CC1.C=C1N(c2ccc(Oc3ccccc3)cc2)c2c(N)ncnc2N1C1CCC(NC(=O)C#CC)CC1.CC#CC(=O)N1CC2(CC(n3c(=O)n(-c4ccc(Oc5ccccc5)cc4)c4c(N)ncnc43)C2)C1.CC#CC(=O)N1CCC2(CC(n3c(=O)n(-c4ccc(Oc5ccccc5)cc4)c4c(N)ncnc43)C2)C1. The molecule has 4 aliphatic heterocycles. The van der Waals surface area contributed by atoms with Crippen molar-refractivity contribution >= 4 is 104 Å². The number of amides is 4. The number of aromatic nitrogens is 12. The van der Waals surface area contributed by atoms with Crippen molar-refractivity contribution in [2.75, 3.05) is 68.7 Å². The number of anilines is 10. The van der Waals surface area contributed by atoms with Gasteiger partial charge in [-0.05, 0) is 286 Å². The standard InChI is InChI=1S/C28H26N6O3.2C28H28N6O2.C27H24N6O3/c1-2-6-23(35)32-14-13-28(17-32)15-20(16-28)34-26-24(25(29)30-18-31-26)33(27(34)36)19-9-11-22(12-10-19)37-21-7-4-3-5-8-21;2*1-3-7-25(35)32-20-10-12-22(13-11-20)34-19(2)33(26-27(29)30-18-31-28(26)34)21-14-16-24(17-15-21)36-23-8-5-4-6-9-23;1-2-6-22(34)31-15-27(16-31)13-19(14-27)33-25-23(24(28)29-17-30-25)32(26(33)35)18-9-11-21(12-10-18)36-20-7-4-3-5-8-20/h3-5,7-12,18,20H,13-17H2,1H3,(H2,29,30,31);2*4-6,8-9,14-18,20,22H,2,10-13H2,1H3,(H,32,35)(H2,29,30,31);3-5,7-12,17,19H,13-16H2,1H3,(H2,28,29,30). The molecule has 14 aromatic rings. The summed E-state index contributed by atoms with van der Waals surface area (Å²) >= 11 is 0. The molecule has 34 nitrogen and oxygen atoms in total. The molecule has 6 fully saturated rings. The minimum Gasteiger partial charge on any atom is -0.457 e. The van der Waals surface area contributed by atoms with Gasteiger partial charge in [0.05, 0.1) is 11.4 Å². The molecule has 8 aromatic carbocycles. The number of hydrogen-bond acceptors (Lipinski definition) is 26. The van der Waals surface area contributed by atoms with E-state index in [0.717, 1.165) is 164 Å². The summed E-state index contributed by atoms with van der Waals surface area (Å²) < 4.78 is 30.3. The van der Waals surface area contributed by atoms with Gasteiger partial charge in [-0.3, -0.25) is 47.2 Å². The zero-order valence-electron chi connectivity index (χ0n) is 80.4. The highest BCUT2D eigenvalue weighted by Gasteiger charge is 2.56. The number of para-hydroxylation sites is 4. The number of hydrogen-bond donors (Lipinski definition) is 6. The third-order valence-electron chi connectivity index (χ3n) is 27.5. The first-order valence-electron chi connectivity index (χ1n) is 48.0. The number of carbonyl (C=O) groups excluding carboxylic acids is 4. The molecule has 6 aromatic heterocycles. The normalized spacial score (nSPS) is 17.5. The molecule has 22 rings (SSSR count). The van der Waals surface area contributed by atoms with Gasteiger partial charge in [0.25, 0.3) is 23.6 Å². The van der Waals surface area contributed by atoms with Crippen LogP contribution in [0, 0.1) is 58.2 Å². The Balaban J connectivity index is 0.000000122. The van der Waals surface area contributed by atoms with Crippen molar-refractivity contribution in [3.63, 3.8) is 0 Å². The van der Waals surface area contributed by atoms with E-state index in [2.05, 4.69) is 121 Å². The van der Waals surface area contributed by atoms with Crippen molar-refractivity contribution in [3.05, 3.63) is 289 Å². The van der Waals surface area contributed by atoms with E-state index in [1.807, 2.05) is 233 Å². The summed E-state index contributed by atoms with van der Waals surface area (Å²) in [5.74, 6) is 30.4. The van der Waals surface area contributed by atoms with Crippen LogP contribution in [-0.2, 0) is 19.2 Å². The van der Waals surface area contributed by atoms with Gasteiger partial charge in [0.2, 0.25) is 0 Å². The summed E-state index contributed by atoms with van der Waals surface area (Å²) in [7, 11) is 0. The van der Waals surface area contributed by atoms with Gasteiger partial charge >= 0.3 is 11.4 Å². The number of nitrogen functional groups attached to an aromatic ring is 4. The molecule has 34 heteroatoms. The molecule has 10 N–H and O–H groups in total. The van der Waals surface area contributed by atoms with E-state index in [1.54, 1.807) is 50.9 Å². The summed E-state index contributed by atoms with van der Waals surface area (Å²) in [6.07, 6.45) is 16.8.